The summed E-state index contributed by atoms with van der Waals surface area (Å²) in [6.45, 7) is 8.08. The standard InChI is InChI=1S/C17H34N2O2/c1-15(2)13-19(12-11-18(3)4)14-17(16(20)21)9-7-5-6-8-10-17/h15H,5-14H2,1-4H3,(H,20,21). The molecular weight excluding hydrogens is 264 g/mol. The Labute approximate surface area is 130 Å². The minimum absolute atomic E-state index is 0.516. The molecule has 0 bridgehead atoms. The number of hydrogen-bond acceptors (Lipinski definition) is 3. The predicted molar refractivity (Wildman–Crippen MR) is 87.6 cm³/mol. The van der Waals surface area contributed by atoms with Gasteiger partial charge in [0.05, 0.1) is 5.41 Å². The molecule has 0 heterocycles. The van der Waals surface area contributed by atoms with Gasteiger partial charge in [-0.25, -0.2) is 0 Å². The summed E-state index contributed by atoms with van der Waals surface area (Å²) in [5.41, 5.74) is -0.516. The van der Waals surface area contributed by atoms with Gasteiger partial charge in [-0.15, -0.1) is 0 Å². The summed E-state index contributed by atoms with van der Waals surface area (Å²) in [6.07, 6.45) is 6.20. The van der Waals surface area contributed by atoms with Crippen LogP contribution in [0.3, 0.4) is 0 Å². The number of rotatable bonds is 8. The third kappa shape index (κ3) is 6.35. The van der Waals surface area contributed by atoms with Crippen LogP contribution in [-0.2, 0) is 4.79 Å². The first-order valence-electron chi connectivity index (χ1n) is 8.46. The van der Waals surface area contributed by atoms with E-state index in [0.717, 1.165) is 45.3 Å². The molecule has 1 saturated carbocycles. The van der Waals surface area contributed by atoms with E-state index in [0.29, 0.717) is 12.5 Å². The van der Waals surface area contributed by atoms with Crippen LogP contribution in [0.15, 0.2) is 0 Å². The van der Waals surface area contributed by atoms with Crippen molar-refractivity contribution >= 4 is 5.97 Å². The van der Waals surface area contributed by atoms with Crippen molar-refractivity contribution in [3.8, 4) is 0 Å². The molecule has 0 atom stereocenters. The lowest BCUT2D eigenvalue weighted by atomic mass is 9.79. The Balaban J connectivity index is 2.76. The number of likely N-dealkylation sites (N-methyl/N-ethyl adjacent to an activating group) is 1. The van der Waals surface area contributed by atoms with E-state index in [9.17, 15) is 9.90 Å². The minimum Gasteiger partial charge on any atom is -0.481 e. The molecule has 1 rings (SSSR count). The average Bonchev–Trinajstić information content (AvgIpc) is 2.62. The van der Waals surface area contributed by atoms with Crippen molar-refractivity contribution in [2.45, 2.75) is 52.4 Å². The van der Waals surface area contributed by atoms with Crippen molar-refractivity contribution < 1.29 is 9.90 Å². The maximum absolute atomic E-state index is 12.0. The van der Waals surface area contributed by atoms with Crippen LogP contribution in [-0.4, -0.2) is 61.2 Å². The van der Waals surface area contributed by atoms with Gasteiger partial charge < -0.3 is 14.9 Å². The minimum atomic E-state index is -0.581. The van der Waals surface area contributed by atoms with Gasteiger partial charge in [0.25, 0.3) is 0 Å². The topological polar surface area (TPSA) is 43.8 Å². The zero-order valence-electron chi connectivity index (χ0n) is 14.4. The molecule has 0 aliphatic heterocycles. The van der Waals surface area contributed by atoms with Crippen LogP contribution in [0.1, 0.15) is 52.4 Å². The van der Waals surface area contributed by atoms with Gasteiger partial charge in [0, 0.05) is 26.2 Å². The Morgan fingerprint density at radius 3 is 2.10 bits per heavy atom. The number of carbonyl (C=O) groups is 1. The first-order valence-corrected chi connectivity index (χ1v) is 8.46. The third-order valence-electron chi connectivity index (χ3n) is 4.53. The Bertz CT molecular complexity index is 308. The number of hydrogen-bond donors (Lipinski definition) is 1. The maximum atomic E-state index is 12.0. The van der Waals surface area contributed by atoms with Gasteiger partial charge in [0.1, 0.15) is 0 Å². The first kappa shape index (κ1) is 18.4. The van der Waals surface area contributed by atoms with E-state index < -0.39 is 11.4 Å². The SMILES string of the molecule is CC(C)CN(CCN(C)C)CC1(C(=O)O)CCCCCC1. The Kier molecular flexibility index (Phi) is 7.67. The monoisotopic (exact) mass is 298 g/mol. The Hall–Kier alpha value is -0.610. The van der Waals surface area contributed by atoms with Crippen LogP contribution in [0.5, 0.6) is 0 Å². The molecule has 0 saturated heterocycles. The zero-order valence-corrected chi connectivity index (χ0v) is 14.4. The second-order valence-corrected chi connectivity index (χ2v) is 7.43. The van der Waals surface area contributed by atoms with Gasteiger partial charge in [-0.1, -0.05) is 39.5 Å². The van der Waals surface area contributed by atoms with Crippen LogP contribution < -0.4 is 0 Å². The summed E-state index contributed by atoms with van der Waals surface area (Å²) in [5, 5.41) is 9.84. The van der Waals surface area contributed by atoms with E-state index in [1.807, 2.05) is 0 Å². The fraction of sp³-hybridized carbons (Fsp3) is 0.941. The lowest BCUT2D eigenvalue weighted by Crippen LogP contribution is -2.46. The summed E-state index contributed by atoms with van der Waals surface area (Å²) in [7, 11) is 4.15. The van der Waals surface area contributed by atoms with Crippen molar-refractivity contribution in [1.29, 1.82) is 0 Å². The molecule has 21 heavy (non-hydrogen) atoms. The van der Waals surface area contributed by atoms with Crippen molar-refractivity contribution in [1.82, 2.24) is 9.80 Å². The van der Waals surface area contributed by atoms with Gasteiger partial charge in [-0.05, 0) is 32.9 Å². The van der Waals surface area contributed by atoms with Crippen LogP contribution in [0.25, 0.3) is 0 Å². The summed E-state index contributed by atoms with van der Waals surface area (Å²) >= 11 is 0. The van der Waals surface area contributed by atoms with Crippen LogP contribution in [0, 0.1) is 11.3 Å². The number of carboxylic acids is 1. The number of aliphatic carboxylic acids is 1. The molecule has 0 spiro atoms. The van der Waals surface area contributed by atoms with E-state index in [1.165, 1.54) is 12.8 Å². The molecule has 1 N–H and O–H groups in total. The van der Waals surface area contributed by atoms with E-state index >= 15 is 0 Å². The van der Waals surface area contributed by atoms with Crippen molar-refractivity contribution in [3.05, 3.63) is 0 Å². The summed E-state index contributed by atoms with van der Waals surface area (Å²) < 4.78 is 0. The molecular formula is C17H34N2O2. The number of nitrogens with zero attached hydrogens (tertiary/aromatic N) is 2. The fourth-order valence-corrected chi connectivity index (χ4v) is 3.37. The van der Waals surface area contributed by atoms with Crippen molar-refractivity contribution in [2.24, 2.45) is 11.3 Å². The molecule has 4 heteroatoms. The molecule has 1 aliphatic rings. The highest BCUT2D eigenvalue weighted by Crippen LogP contribution is 2.36. The molecule has 0 aromatic rings. The van der Waals surface area contributed by atoms with Crippen LogP contribution in [0.2, 0.25) is 0 Å². The molecule has 1 aliphatic carbocycles. The summed E-state index contributed by atoms with van der Waals surface area (Å²) in [5.74, 6) is -0.00760. The molecule has 1 fully saturated rings. The lowest BCUT2D eigenvalue weighted by molar-refractivity contribution is -0.151. The normalized spacial score (nSPS) is 19.2. The summed E-state index contributed by atoms with van der Waals surface area (Å²) in [4.78, 5) is 16.5. The quantitative estimate of drug-likeness (QED) is 0.700. The van der Waals surface area contributed by atoms with Crippen LogP contribution >= 0.6 is 0 Å². The van der Waals surface area contributed by atoms with Gasteiger partial charge in [-0.3, -0.25) is 4.79 Å². The van der Waals surface area contributed by atoms with E-state index in [1.54, 1.807) is 0 Å². The molecule has 124 valence electrons. The third-order valence-corrected chi connectivity index (χ3v) is 4.53. The molecule has 0 aromatic heterocycles. The second kappa shape index (κ2) is 8.74. The fourth-order valence-electron chi connectivity index (χ4n) is 3.37. The maximum Gasteiger partial charge on any atom is 0.310 e. The average molecular weight is 298 g/mol. The highest BCUT2D eigenvalue weighted by atomic mass is 16.4. The number of carboxylic acid groups (broad SMARTS) is 1. The first-order chi connectivity index (χ1) is 9.85. The van der Waals surface area contributed by atoms with Crippen molar-refractivity contribution in [3.63, 3.8) is 0 Å². The van der Waals surface area contributed by atoms with Crippen molar-refractivity contribution in [2.75, 3.05) is 40.3 Å². The summed E-state index contributed by atoms with van der Waals surface area (Å²) in [6, 6.07) is 0. The Morgan fingerprint density at radius 2 is 1.67 bits per heavy atom. The van der Waals surface area contributed by atoms with E-state index in [2.05, 4.69) is 37.7 Å². The van der Waals surface area contributed by atoms with E-state index in [4.69, 9.17) is 0 Å². The Morgan fingerprint density at radius 1 is 1.10 bits per heavy atom. The molecule has 0 aromatic carbocycles. The highest BCUT2D eigenvalue weighted by Gasteiger charge is 2.40. The molecule has 0 amide bonds. The lowest BCUT2D eigenvalue weighted by Gasteiger charge is -2.36. The highest BCUT2D eigenvalue weighted by molar-refractivity contribution is 5.75. The molecule has 4 nitrogen and oxygen atoms in total. The van der Waals surface area contributed by atoms with Gasteiger partial charge in [0.2, 0.25) is 0 Å². The smallest absolute Gasteiger partial charge is 0.310 e. The predicted octanol–water partition coefficient (Wildman–Crippen LogP) is 2.93. The molecule has 0 radical (unpaired) electrons. The van der Waals surface area contributed by atoms with Crippen LogP contribution in [0.4, 0.5) is 0 Å². The largest absolute Gasteiger partial charge is 0.481 e. The van der Waals surface area contributed by atoms with Gasteiger partial charge >= 0.3 is 5.97 Å². The van der Waals surface area contributed by atoms with E-state index in [-0.39, 0.29) is 0 Å². The zero-order chi connectivity index (χ0) is 15.9. The second-order valence-electron chi connectivity index (χ2n) is 7.43. The van der Waals surface area contributed by atoms with Gasteiger partial charge in [-0.2, -0.15) is 0 Å². The van der Waals surface area contributed by atoms with Gasteiger partial charge in [0.15, 0.2) is 0 Å². The molecule has 0 unspecified atom stereocenters.